The molecule has 0 unspecified atom stereocenters. The summed E-state index contributed by atoms with van der Waals surface area (Å²) in [6, 6.07) is 17.9. The van der Waals surface area contributed by atoms with Gasteiger partial charge in [-0.2, -0.15) is 5.26 Å². The van der Waals surface area contributed by atoms with Crippen molar-refractivity contribution in [2.75, 3.05) is 7.11 Å². The van der Waals surface area contributed by atoms with Crippen molar-refractivity contribution in [2.24, 2.45) is 0 Å². The lowest BCUT2D eigenvalue weighted by atomic mass is 10.1. The molecule has 26 heavy (non-hydrogen) atoms. The Hall–Kier alpha value is -3.04. The highest BCUT2D eigenvalue weighted by Crippen LogP contribution is 2.30. The molecule has 0 saturated carbocycles. The molecule has 2 aromatic carbocycles. The Morgan fingerprint density at radius 3 is 2.81 bits per heavy atom. The summed E-state index contributed by atoms with van der Waals surface area (Å²) >= 11 is 1.57. The quantitative estimate of drug-likeness (QED) is 0.506. The summed E-state index contributed by atoms with van der Waals surface area (Å²) in [5, 5.41) is 19.9. The van der Waals surface area contributed by atoms with Crippen LogP contribution >= 0.6 is 11.8 Å². The molecule has 0 radical (unpaired) electrons. The number of rotatable bonds is 4. The minimum Gasteiger partial charge on any atom is -0.497 e. The van der Waals surface area contributed by atoms with Crippen molar-refractivity contribution in [2.45, 2.75) is 17.8 Å². The zero-order chi connectivity index (χ0) is 18.1. The molecule has 0 aliphatic rings. The first kappa shape index (κ1) is 16.4. The molecule has 5 nitrogen and oxygen atoms in total. The zero-order valence-corrected chi connectivity index (χ0v) is 15.2. The summed E-state index contributed by atoms with van der Waals surface area (Å²) in [6.07, 6.45) is 0. The number of hydrogen-bond acceptors (Lipinski definition) is 5. The molecular weight excluding hydrogens is 344 g/mol. The van der Waals surface area contributed by atoms with Crippen LogP contribution in [0.3, 0.4) is 0 Å². The highest BCUT2D eigenvalue weighted by atomic mass is 32.2. The van der Waals surface area contributed by atoms with Gasteiger partial charge >= 0.3 is 0 Å². The average Bonchev–Trinajstić information content (AvgIpc) is 3.09. The first-order chi connectivity index (χ1) is 12.7. The Morgan fingerprint density at radius 2 is 2.00 bits per heavy atom. The lowest BCUT2D eigenvalue weighted by Gasteiger charge is -2.09. The van der Waals surface area contributed by atoms with Gasteiger partial charge in [-0.25, -0.2) is 0 Å². The fourth-order valence-electron chi connectivity index (χ4n) is 3.02. The molecular formula is C20H16N4OS. The maximum atomic E-state index is 9.27. The van der Waals surface area contributed by atoms with E-state index in [0.717, 1.165) is 38.6 Å². The van der Waals surface area contributed by atoms with Gasteiger partial charge in [0.25, 0.3) is 0 Å². The number of pyridine rings is 1. The molecule has 4 aromatic rings. The van der Waals surface area contributed by atoms with Crippen LogP contribution in [-0.4, -0.2) is 21.7 Å². The van der Waals surface area contributed by atoms with Gasteiger partial charge in [0, 0.05) is 17.2 Å². The molecule has 0 N–H and O–H groups in total. The molecule has 6 heteroatoms. The van der Waals surface area contributed by atoms with Gasteiger partial charge in [0.2, 0.25) is 0 Å². The Bertz CT molecular complexity index is 1160. The molecule has 2 heterocycles. The normalized spacial score (nSPS) is 11.0. The van der Waals surface area contributed by atoms with Gasteiger partial charge in [0.15, 0.2) is 10.8 Å². The molecule has 0 saturated heterocycles. The van der Waals surface area contributed by atoms with Crippen molar-refractivity contribution in [3.63, 3.8) is 0 Å². The van der Waals surface area contributed by atoms with E-state index >= 15 is 0 Å². The number of fused-ring (bicyclic) bond motifs is 3. The van der Waals surface area contributed by atoms with E-state index in [-0.39, 0.29) is 0 Å². The molecule has 4 rings (SSSR count). The number of aromatic nitrogens is 3. The fraction of sp³-hybridized carbons (Fsp3) is 0.150. The third kappa shape index (κ3) is 2.76. The lowest BCUT2D eigenvalue weighted by molar-refractivity contribution is 0.415. The van der Waals surface area contributed by atoms with E-state index in [2.05, 4.69) is 29.3 Å². The molecule has 128 valence electrons. The molecule has 0 amide bonds. The van der Waals surface area contributed by atoms with Crippen LogP contribution in [0.25, 0.3) is 16.6 Å². The van der Waals surface area contributed by atoms with Crippen LogP contribution in [0.1, 0.15) is 16.7 Å². The predicted molar refractivity (Wildman–Crippen MR) is 103 cm³/mol. The monoisotopic (exact) mass is 360 g/mol. The van der Waals surface area contributed by atoms with Crippen LogP contribution in [0.15, 0.2) is 53.7 Å². The van der Waals surface area contributed by atoms with Crippen molar-refractivity contribution < 1.29 is 4.74 Å². The molecule has 0 bridgehead atoms. The van der Waals surface area contributed by atoms with Crippen molar-refractivity contribution in [1.29, 1.82) is 5.26 Å². The Labute approximate surface area is 155 Å². The number of nitrogens with zero attached hydrogens (tertiary/aromatic N) is 4. The van der Waals surface area contributed by atoms with Crippen LogP contribution in [0.4, 0.5) is 0 Å². The summed E-state index contributed by atoms with van der Waals surface area (Å²) in [5.41, 5.74) is 4.65. The Kier molecular flexibility index (Phi) is 4.23. The molecule has 0 fully saturated rings. The van der Waals surface area contributed by atoms with Crippen LogP contribution in [0, 0.1) is 18.3 Å². The first-order valence-corrected chi connectivity index (χ1v) is 9.13. The summed E-state index contributed by atoms with van der Waals surface area (Å²) in [7, 11) is 1.66. The number of ether oxygens (including phenoxy) is 1. The summed E-state index contributed by atoms with van der Waals surface area (Å²) in [6.45, 7) is 2.07. The van der Waals surface area contributed by atoms with E-state index in [1.165, 1.54) is 0 Å². The minimum absolute atomic E-state index is 0.657. The van der Waals surface area contributed by atoms with E-state index in [1.54, 1.807) is 18.9 Å². The van der Waals surface area contributed by atoms with Crippen molar-refractivity contribution in [1.82, 2.24) is 14.6 Å². The number of benzene rings is 2. The average molecular weight is 360 g/mol. The van der Waals surface area contributed by atoms with Crippen molar-refractivity contribution in [3.8, 4) is 11.8 Å². The minimum atomic E-state index is 0.657. The predicted octanol–water partition coefficient (Wildman–Crippen LogP) is 4.36. The van der Waals surface area contributed by atoms with Gasteiger partial charge in [-0.1, -0.05) is 30.0 Å². The summed E-state index contributed by atoms with van der Waals surface area (Å²) < 4.78 is 7.44. The van der Waals surface area contributed by atoms with E-state index in [9.17, 15) is 5.26 Å². The fourth-order valence-corrected chi connectivity index (χ4v) is 3.98. The maximum absolute atomic E-state index is 9.27. The number of aryl methyl sites for hydroxylation is 1. The van der Waals surface area contributed by atoms with Crippen LogP contribution < -0.4 is 4.74 Å². The van der Waals surface area contributed by atoms with Crippen molar-refractivity contribution in [3.05, 3.63) is 65.2 Å². The highest BCUT2D eigenvalue weighted by molar-refractivity contribution is 7.98. The maximum Gasteiger partial charge on any atom is 0.196 e. The number of nitriles is 1. The van der Waals surface area contributed by atoms with Gasteiger partial charge in [-0.15, -0.1) is 10.2 Å². The van der Waals surface area contributed by atoms with Crippen LogP contribution in [-0.2, 0) is 5.75 Å². The van der Waals surface area contributed by atoms with E-state index in [0.29, 0.717) is 11.3 Å². The third-order valence-corrected chi connectivity index (χ3v) is 5.35. The second-order valence-corrected chi connectivity index (χ2v) is 6.89. The largest absolute Gasteiger partial charge is 0.497 e. The summed E-state index contributed by atoms with van der Waals surface area (Å²) in [5.74, 6) is 1.45. The second-order valence-electron chi connectivity index (χ2n) is 5.94. The topological polar surface area (TPSA) is 63.2 Å². The lowest BCUT2D eigenvalue weighted by Crippen LogP contribution is -1.95. The third-order valence-electron chi connectivity index (χ3n) is 4.37. The highest BCUT2D eigenvalue weighted by Gasteiger charge is 2.13. The second kappa shape index (κ2) is 6.70. The Balaban J connectivity index is 1.81. The smallest absolute Gasteiger partial charge is 0.196 e. The molecule has 0 atom stereocenters. The van der Waals surface area contributed by atoms with Gasteiger partial charge in [0.05, 0.1) is 24.3 Å². The molecule has 0 aliphatic heterocycles. The van der Waals surface area contributed by atoms with E-state index in [1.807, 2.05) is 46.9 Å². The SMILES string of the molecule is COc1ccc2c(C)cc3nnc(SCc4ccccc4C#N)n3c2c1. The standard InChI is InChI=1S/C20H16N4OS/c1-13-9-19-22-23-20(26-12-15-6-4-3-5-14(15)11-21)24(19)18-10-16(25-2)7-8-17(13)18/h3-10H,12H2,1-2H3. The molecule has 2 aromatic heterocycles. The van der Waals surface area contributed by atoms with Crippen LogP contribution in [0.5, 0.6) is 5.75 Å². The Morgan fingerprint density at radius 1 is 1.15 bits per heavy atom. The number of hydrogen-bond donors (Lipinski definition) is 0. The van der Waals surface area contributed by atoms with Crippen LogP contribution in [0.2, 0.25) is 0 Å². The van der Waals surface area contributed by atoms with Gasteiger partial charge in [0.1, 0.15) is 5.75 Å². The van der Waals surface area contributed by atoms with Gasteiger partial charge in [-0.3, -0.25) is 4.40 Å². The molecule has 0 aliphatic carbocycles. The van der Waals surface area contributed by atoms with Gasteiger partial charge in [-0.05, 0) is 42.3 Å². The zero-order valence-electron chi connectivity index (χ0n) is 14.4. The molecule has 0 spiro atoms. The van der Waals surface area contributed by atoms with E-state index in [4.69, 9.17) is 4.74 Å². The first-order valence-electron chi connectivity index (χ1n) is 8.14. The summed E-state index contributed by atoms with van der Waals surface area (Å²) in [4.78, 5) is 0. The van der Waals surface area contributed by atoms with Gasteiger partial charge < -0.3 is 4.74 Å². The van der Waals surface area contributed by atoms with E-state index < -0.39 is 0 Å². The number of methoxy groups -OCH3 is 1. The number of thioether (sulfide) groups is 1. The van der Waals surface area contributed by atoms with Crippen molar-refractivity contribution >= 4 is 28.3 Å².